The van der Waals surface area contributed by atoms with E-state index < -0.39 is 6.61 Å². The molecule has 0 saturated heterocycles. The molecule has 0 saturated carbocycles. The number of pyridine rings is 1. The monoisotopic (exact) mass is 263 g/mol. The van der Waals surface area contributed by atoms with Gasteiger partial charge in [-0.25, -0.2) is 0 Å². The van der Waals surface area contributed by atoms with Gasteiger partial charge in [0.15, 0.2) is 0 Å². The molecule has 4 heteroatoms. The summed E-state index contributed by atoms with van der Waals surface area (Å²) in [5.41, 5.74) is 2.95. The van der Waals surface area contributed by atoms with Crippen LogP contribution in [0.5, 0.6) is 5.75 Å². The van der Waals surface area contributed by atoms with Crippen molar-refractivity contribution >= 4 is 0 Å². The molecule has 0 unspecified atom stereocenters. The highest BCUT2D eigenvalue weighted by atomic mass is 19.3. The highest BCUT2D eigenvalue weighted by Crippen LogP contribution is 2.23. The van der Waals surface area contributed by atoms with Crippen molar-refractivity contribution in [2.24, 2.45) is 0 Å². The molecule has 1 aromatic heterocycles. The minimum atomic E-state index is -2.79. The lowest BCUT2D eigenvalue weighted by atomic mass is 10.1. The Balaban J connectivity index is 2.13. The predicted molar refractivity (Wildman–Crippen MR) is 70.3 cm³/mol. The molecular formula is C15H15F2NO. The number of nitrogens with zero attached hydrogens (tertiary/aromatic N) is 1. The zero-order chi connectivity index (χ0) is 13.7. The van der Waals surface area contributed by atoms with Crippen LogP contribution in [0.3, 0.4) is 0 Å². The first kappa shape index (κ1) is 13.5. The first-order valence-corrected chi connectivity index (χ1v) is 6.19. The lowest BCUT2D eigenvalue weighted by Gasteiger charge is -2.06. The Hall–Kier alpha value is -1.97. The number of benzene rings is 1. The van der Waals surface area contributed by atoms with E-state index in [-0.39, 0.29) is 5.75 Å². The van der Waals surface area contributed by atoms with E-state index in [0.29, 0.717) is 0 Å². The largest absolute Gasteiger partial charge is 0.435 e. The fourth-order valence-electron chi connectivity index (χ4n) is 1.83. The normalized spacial score (nSPS) is 10.7. The molecule has 0 aliphatic heterocycles. The second kappa shape index (κ2) is 6.27. The minimum absolute atomic E-state index is 0.161. The summed E-state index contributed by atoms with van der Waals surface area (Å²) >= 11 is 0. The summed E-state index contributed by atoms with van der Waals surface area (Å²) in [6.07, 6.45) is 3.82. The maximum Gasteiger partial charge on any atom is 0.387 e. The molecule has 1 heterocycles. The molecule has 19 heavy (non-hydrogen) atoms. The van der Waals surface area contributed by atoms with Crippen LogP contribution >= 0.6 is 0 Å². The number of halogens is 2. The molecule has 0 aliphatic rings. The minimum Gasteiger partial charge on any atom is -0.435 e. The number of ether oxygens (including phenoxy) is 1. The second-order valence-electron chi connectivity index (χ2n) is 4.19. The Morgan fingerprint density at radius 2 is 1.74 bits per heavy atom. The van der Waals surface area contributed by atoms with E-state index >= 15 is 0 Å². The van der Waals surface area contributed by atoms with Gasteiger partial charge < -0.3 is 4.74 Å². The molecular weight excluding hydrogens is 248 g/mol. The van der Waals surface area contributed by atoms with Crippen molar-refractivity contribution in [2.75, 3.05) is 0 Å². The van der Waals surface area contributed by atoms with Gasteiger partial charge >= 0.3 is 6.61 Å². The zero-order valence-electron chi connectivity index (χ0n) is 10.6. The average Bonchev–Trinajstić information content (AvgIpc) is 2.40. The Morgan fingerprint density at radius 3 is 2.26 bits per heavy atom. The van der Waals surface area contributed by atoms with Crippen LogP contribution in [0.25, 0.3) is 11.1 Å². The molecule has 0 N–H and O–H groups in total. The maximum absolute atomic E-state index is 12.0. The Labute approximate surface area is 111 Å². The van der Waals surface area contributed by atoms with Gasteiger partial charge in [0.2, 0.25) is 0 Å². The molecule has 2 rings (SSSR count). The van der Waals surface area contributed by atoms with Gasteiger partial charge in [0.1, 0.15) is 5.75 Å². The number of aryl methyl sites for hydroxylation is 1. The van der Waals surface area contributed by atoms with E-state index in [9.17, 15) is 8.78 Å². The van der Waals surface area contributed by atoms with E-state index in [1.54, 1.807) is 18.3 Å². The summed E-state index contributed by atoms with van der Waals surface area (Å²) in [5.74, 6) is 0.161. The van der Waals surface area contributed by atoms with Gasteiger partial charge in [-0.05, 0) is 30.2 Å². The molecule has 0 atom stereocenters. The van der Waals surface area contributed by atoms with Gasteiger partial charge in [-0.1, -0.05) is 31.5 Å². The van der Waals surface area contributed by atoms with E-state index in [1.807, 2.05) is 12.1 Å². The van der Waals surface area contributed by atoms with Crippen molar-refractivity contribution < 1.29 is 13.5 Å². The summed E-state index contributed by atoms with van der Waals surface area (Å²) in [6.45, 7) is -0.682. The van der Waals surface area contributed by atoms with E-state index in [2.05, 4.69) is 16.6 Å². The zero-order valence-corrected chi connectivity index (χ0v) is 10.6. The SMILES string of the molecule is CCCc1ccc(-c2ccc(OC(F)F)cc2)cn1. The lowest BCUT2D eigenvalue weighted by molar-refractivity contribution is -0.0498. The van der Waals surface area contributed by atoms with Crippen LogP contribution in [0.4, 0.5) is 8.78 Å². The molecule has 2 aromatic rings. The standard InChI is InChI=1S/C15H15F2NO/c1-2-3-13-7-4-12(10-18-13)11-5-8-14(9-6-11)19-15(16)17/h4-10,15H,2-3H2,1H3. The van der Waals surface area contributed by atoms with Crippen molar-refractivity contribution in [1.82, 2.24) is 4.98 Å². The first-order chi connectivity index (χ1) is 9.19. The lowest BCUT2D eigenvalue weighted by Crippen LogP contribution is -2.01. The Bertz CT molecular complexity index is 509. The first-order valence-electron chi connectivity index (χ1n) is 6.19. The van der Waals surface area contributed by atoms with Crippen LogP contribution in [0, 0.1) is 0 Å². The van der Waals surface area contributed by atoms with Gasteiger partial charge in [0.05, 0.1) is 0 Å². The van der Waals surface area contributed by atoms with Gasteiger partial charge in [0, 0.05) is 17.5 Å². The second-order valence-corrected chi connectivity index (χ2v) is 4.19. The average molecular weight is 263 g/mol. The molecule has 0 bridgehead atoms. The van der Waals surface area contributed by atoms with E-state index in [4.69, 9.17) is 0 Å². The quantitative estimate of drug-likeness (QED) is 0.802. The van der Waals surface area contributed by atoms with Crippen LogP contribution in [-0.2, 0) is 6.42 Å². The molecule has 0 radical (unpaired) electrons. The summed E-state index contributed by atoms with van der Waals surface area (Å²) in [4.78, 5) is 4.36. The fraction of sp³-hybridized carbons (Fsp3) is 0.267. The van der Waals surface area contributed by atoms with Gasteiger partial charge in [0.25, 0.3) is 0 Å². The van der Waals surface area contributed by atoms with Crippen LogP contribution in [0.1, 0.15) is 19.0 Å². The van der Waals surface area contributed by atoms with Crippen LogP contribution < -0.4 is 4.74 Å². The Kier molecular flexibility index (Phi) is 4.44. The van der Waals surface area contributed by atoms with E-state index in [0.717, 1.165) is 29.7 Å². The third kappa shape index (κ3) is 3.74. The van der Waals surface area contributed by atoms with Crippen molar-refractivity contribution in [3.05, 3.63) is 48.3 Å². The number of rotatable bonds is 5. The molecule has 2 nitrogen and oxygen atoms in total. The topological polar surface area (TPSA) is 22.1 Å². The van der Waals surface area contributed by atoms with Crippen LogP contribution in [0.15, 0.2) is 42.6 Å². The highest BCUT2D eigenvalue weighted by molar-refractivity contribution is 5.63. The molecule has 0 aliphatic carbocycles. The third-order valence-corrected chi connectivity index (χ3v) is 2.74. The number of hydrogen-bond donors (Lipinski definition) is 0. The van der Waals surface area contributed by atoms with Crippen LogP contribution in [0.2, 0.25) is 0 Å². The highest BCUT2D eigenvalue weighted by Gasteiger charge is 2.04. The fourth-order valence-corrected chi connectivity index (χ4v) is 1.83. The van der Waals surface area contributed by atoms with Crippen molar-refractivity contribution in [3.8, 4) is 16.9 Å². The summed E-state index contributed by atoms with van der Waals surface area (Å²) < 4.78 is 28.4. The predicted octanol–water partition coefficient (Wildman–Crippen LogP) is 4.30. The van der Waals surface area contributed by atoms with Crippen LogP contribution in [-0.4, -0.2) is 11.6 Å². The number of hydrogen-bond acceptors (Lipinski definition) is 2. The van der Waals surface area contributed by atoms with Gasteiger partial charge in [-0.2, -0.15) is 8.78 Å². The number of alkyl halides is 2. The Morgan fingerprint density at radius 1 is 1.05 bits per heavy atom. The molecule has 0 amide bonds. The van der Waals surface area contributed by atoms with Gasteiger partial charge in [-0.3, -0.25) is 4.98 Å². The van der Waals surface area contributed by atoms with Crippen molar-refractivity contribution in [1.29, 1.82) is 0 Å². The molecule has 0 spiro atoms. The molecule has 0 fully saturated rings. The summed E-state index contributed by atoms with van der Waals surface area (Å²) in [5, 5.41) is 0. The maximum atomic E-state index is 12.0. The van der Waals surface area contributed by atoms with Crippen molar-refractivity contribution in [3.63, 3.8) is 0 Å². The van der Waals surface area contributed by atoms with Crippen molar-refractivity contribution in [2.45, 2.75) is 26.4 Å². The smallest absolute Gasteiger partial charge is 0.387 e. The van der Waals surface area contributed by atoms with Gasteiger partial charge in [-0.15, -0.1) is 0 Å². The summed E-state index contributed by atoms with van der Waals surface area (Å²) in [7, 11) is 0. The molecule has 100 valence electrons. The van der Waals surface area contributed by atoms with E-state index in [1.165, 1.54) is 12.1 Å². The third-order valence-electron chi connectivity index (χ3n) is 2.74. The summed E-state index contributed by atoms with van der Waals surface area (Å²) in [6, 6.07) is 10.5. The molecule has 1 aromatic carbocycles. The number of aromatic nitrogens is 1.